The van der Waals surface area contributed by atoms with Crippen molar-refractivity contribution in [2.24, 2.45) is 5.84 Å². The quantitative estimate of drug-likeness (QED) is 0.317. The maximum absolute atomic E-state index is 11.1. The van der Waals surface area contributed by atoms with Gasteiger partial charge in [-0.1, -0.05) is 0 Å². The van der Waals surface area contributed by atoms with Crippen molar-refractivity contribution in [2.45, 2.75) is 25.8 Å². The van der Waals surface area contributed by atoms with Gasteiger partial charge >= 0.3 is 0 Å². The summed E-state index contributed by atoms with van der Waals surface area (Å²) in [5, 5.41) is 0. The number of likely N-dealkylation sites (tertiary alicyclic amines) is 1. The lowest BCUT2D eigenvalue weighted by atomic mass is 10.2. The predicted octanol–water partition coefficient (Wildman–Crippen LogP) is -1.01. The number of hydrazine groups is 1. The zero-order valence-electron chi connectivity index (χ0n) is 7.04. The van der Waals surface area contributed by atoms with Crippen molar-refractivity contribution in [2.75, 3.05) is 6.54 Å². The molecule has 0 saturated carbocycles. The molecule has 0 aliphatic carbocycles. The summed E-state index contributed by atoms with van der Waals surface area (Å²) in [6, 6.07) is 0.162. The molecule has 0 radical (unpaired) electrons. The Labute approximate surface area is 70.9 Å². The van der Waals surface area contributed by atoms with Gasteiger partial charge in [-0.3, -0.25) is 15.0 Å². The summed E-state index contributed by atoms with van der Waals surface area (Å²) in [5.74, 6) is 4.61. The third kappa shape index (κ3) is 1.73. The topological polar surface area (TPSA) is 75.4 Å². The van der Waals surface area contributed by atoms with E-state index < -0.39 is 0 Å². The summed E-state index contributed by atoms with van der Waals surface area (Å²) in [5.41, 5.74) is 2.00. The summed E-state index contributed by atoms with van der Waals surface area (Å²) in [6.07, 6.45) is 1.37. The Balaban J connectivity index is 2.50. The first-order valence-corrected chi connectivity index (χ1v) is 3.94. The lowest BCUT2D eigenvalue weighted by molar-refractivity contribution is -0.134. The molecule has 0 spiro atoms. The second-order valence-corrected chi connectivity index (χ2v) is 2.98. The van der Waals surface area contributed by atoms with Gasteiger partial charge in [0.2, 0.25) is 5.91 Å². The monoisotopic (exact) mass is 171 g/mol. The SMILES string of the molecule is CC1CCC(=O)N1CC(=O)NN. The molecule has 1 fully saturated rings. The highest BCUT2D eigenvalue weighted by atomic mass is 16.2. The van der Waals surface area contributed by atoms with Crippen LogP contribution in [0.3, 0.4) is 0 Å². The molecule has 0 aromatic rings. The second kappa shape index (κ2) is 3.53. The standard InChI is InChI=1S/C7H13N3O2/c1-5-2-3-7(12)10(5)4-6(11)9-8/h5H,2-4,8H2,1H3,(H,9,11). The van der Waals surface area contributed by atoms with Crippen LogP contribution in [0, 0.1) is 0 Å². The van der Waals surface area contributed by atoms with Crippen LogP contribution in [-0.4, -0.2) is 29.3 Å². The van der Waals surface area contributed by atoms with E-state index in [1.54, 1.807) is 4.90 Å². The Morgan fingerprint density at radius 2 is 2.50 bits per heavy atom. The number of nitrogens with one attached hydrogen (secondary N) is 1. The van der Waals surface area contributed by atoms with Crippen molar-refractivity contribution < 1.29 is 9.59 Å². The molecule has 1 atom stereocenters. The van der Waals surface area contributed by atoms with Crippen LogP contribution in [0.25, 0.3) is 0 Å². The third-order valence-corrected chi connectivity index (χ3v) is 2.10. The highest BCUT2D eigenvalue weighted by Crippen LogP contribution is 2.16. The van der Waals surface area contributed by atoms with Crippen LogP contribution in [-0.2, 0) is 9.59 Å². The Bertz CT molecular complexity index is 205. The molecule has 3 N–H and O–H groups in total. The molecule has 1 rings (SSSR count). The van der Waals surface area contributed by atoms with Crippen LogP contribution >= 0.6 is 0 Å². The fourth-order valence-electron chi connectivity index (χ4n) is 1.32. The van der Waals surface area contributed by atoms with E-state index in [9.17, 15) is 9.59 Å². The minimum Gasteiger partial charge on any atom is -0.331 e. The molecule has 0 aromatic carbocycles. The molecular formula is C7H13N3O2. The number of hydrogen-bond donors (Lipinski definition) is 2. The molecular weight excluding hydrogens is 158 g/mol. The highest BCUT2D eigenvalue weighted by Gasteiger charge is 2.28. The van der Waals surface area contributed by atoms with E-state index in [0.29, 0.717) is 6.42 Å². The average molecular weight is 171 g/mol. The minimum absolute atomic E-state index is 0.0334. The predicted molar refractivity (Wildman–Crippen MR) is 42.7 cm³/mol. The fourth-order valence-corrected chi connectivity index (χ4v) is 1.32. The molecule has 12 heavy (non-hydrogen) atoms. The summed E-state index contributed by atoms with van der Waals surface area (Å²) in [7, 11) is 0. The van der Waals surface area contributed by atoms with Gasteiger partial charge in [0.25, 0.3) is 5.91 Å². The average Bonchev–Trinajstić information content (AvgIpc) is 2.35. The number of hydrogen-bond acceptors (Lipinski definition) is 3. The molecule has 2 amide bonds. The Morgan fingerprint density at radius 1 is 1.83 bits per heavy atom. The molecule has 0 bridgehead atoms. The van der Waals surface area contributed by atoms with Crippen LogP contribution in [0.4, 0.5) is 0 Å². The van der Waals surface area contributed by atoms with E-state index in [1.807, 2.05) is 12.3 Å². The van der Waals surface area contributed by atoms with E-state index >= 15 is 0 Å². The molecule has 1 aliphatic heterocycles. The van der Waals surface area contributed by atoms with Gasteiger partial charge in [-0.15, -0.1) is 0 Å². The molecule has 1 saturated heterocycles. The third-order valence-electron chi connectivity index (χ3n) is 2.10. The molecule has 68 valence electrons. The molecule has 5 nitrogen and oxygen atoms in total. The molecule has 1 unspecified atom stereocenters. The number of nitrogens with two attached hydrogens (primary N) is 1. The van der Waals surface area contributed by atoms with E-state index in [2.05, 4.69) is 0 Å². The van der Waals surface area contributed by atoms with Crippen molar-refractivity contribution in [3.8, 4) is 0 Å². The lowest BCUT2D eigenvalue weighted by Crippen LogP contribution is -2.43. The zero-order chi connectivity index (χ0) is 9.14. The van der Waals surface area contributed by atoms with Crippen LogP contribution in [0.15, 0.2) is 0 Å². The van der Waals surface area contributed by atoms with E-state index in [1.165, 1.54) is 0 Å². The summed E-state index contributed by atoms with van der Waals surface area (Å²) >= 11 is 0. The van der Waals surface area contributed by atoms with Gasteiger partial charge in [0.1, 0.15) is 6.54 Å². The second-order valence-electron chi connectivity index (χ2n) is 2.98. The first-order chi connectivity index (χ1) is 5.65. The normalized spacial score (nSPS) is 23.0. The van der Waals surface area contributed by atoms with Crippen LogP contribution < -0.4 is 11.3 Å². The summed E-state index contributed by atoms with van der Waals surface area (Å²) in [6.45, 7) is 2.01. The van der Waals surface area contributed by atoms with Crippen LogP contribution in [0.2, 0.25) is 0 Å². The molecule has 5 heteroatoms. The largest absolute Gasteiger partial charge is 0.331 e. The first kappa shape index (κ1) is 8.99. The number of carbonyl (C=O) groups excluding carboxylic acids is 2. The fraction of sp³-hybridized carbons (Fsp3) is 0.714. The minimum atomic E-state index is -0.322. The Hall–Kier alpha value is -1.10. The number of nitrogens with zero attached hydrogens (tertiary/aromatic N) is 1. The van der Waals surface area contributed by atoms with Crippen molar-refractivity contribution in [3.63, 3.8) is 0 Å². The molecule has 0 aromatic heterocycles. The maximum Gasteiger partial charge on any atom is 0.253 e. The van der Waals surface area contributed by atoms with Gasteiger partial charge in [0.15, 0.2) is 0 Å². The van der Waals surface area contributed by atoms with Crippen molar-refractivity contribution >= 4 is 11.8 Å². The van der Waals surface area contributed by atoms with Gasteiger partial charge in [-0.2, -0.15) is 0 Å². The smallest absolute Gasteiger partial charge is 0.253 e. The van der Waals surface area contributed by atoms with Crippen molar-refractivity contribution in [1.29, 1.82) is 0 Å². The van der Waals surface area contributed by atoms with E-state index in [4.69, 9.17) is 5.84 Å². The molecule has 1 aliphatic rings. The molecule has 1 heterocycles. The van der Waals surface area contributed by atoms with Crippen LogP contribution in [0.1, 0.15) is 19.8 Å². The zero-order valence-corrected chi connectivity index (χ0v) is 7.04. The number of rotatable bonds is 2. The summed E-state index contributed by atoms with van der Waals surface area (Å²) in [4.78, 5) is 23.5. The Kier molecular flexibility index (Phi) is 2.65. The van der Waals surface area contributed by atoms with E-state index in [-0.39, 0.29) is 24.4 Å². The number of carbonyl (C=O) groups is 2. The highest BCUT2D eigenvalue weighted by molar-refractivity contribution is 5.85. The Morgan fingerprint density at radius 3 is 2.92 bits per heavy atom. The van der Waals surface area contributed by atoms with Crippen molar-refractivity contribution in [1.82, 2.24) is 10.3 Å². The van der Waals surface area contributed by atoms with Crippen molar-refractivity contribution in [3.05, 3.63) is 0 Å². The summed E-state index contributed by atoms with van der Waals surface area (Å²) < 4.78 is 0. The van der Waals surface area contributed by atoms with Gasteiger partial charge < -0.3 is 4.90 Å². The van der Waals surface area contributed by atoms with Gasteiger partial charge in [-0.25, -0.2) is 5.84 Å². The number of amides is 2. The van der Waals surface area contributed by atoms with E-state index in [0.717, 1.165) is 6.42 Å². The maximum atomic E-state index is 11.1. The van der Waals surface area contributed by atoms with Gasteiger partial charge in [-0.05, 0) is 13.3 Å². The first-order valence-electron chi connectivity index (χ1n) is 3.94. The van der Waals surface area contributed by atoms with Crippen LogP contribution in [0.5, 0.6) is 0 Å². The lowest BCUT2D eigenvalue weighted by Gasteiger charge is -2.19. The van der Waals surface area contributed by atoms with Gasteiger partial charge in [0.05, 0.1) is 0 Å². The van der Waals surface area contributed by atoms with Gasteiger partial charge in [0, 0.05) is 12.5 Å².